The van der Waals surface area contributed by atoms with Crippen LogP contribution in [0.3, 0.4) is 0 Å². The van der Waals surface area contributed by atoms with E-state index in [0.29, 0.717) is 11.5 Å². The normalized spacial score (nSPS) is 12.3. The summed E-state index contributed by atoms with van der Waals surface area (Å²) < 4.78 is 13.9. The zero-order valence-corrected chi connectivity index (χ0v) is 13.8. The first-order valence-corrected chi connectivity index (χ1v) is 7.79. The van der Waals surface area contributed by atoms with Crippen molar-refractivity contribution in [1.29, 1.82) is 0 Å². The summed E-state index contributed by atoms with van der Waals surface area (Å²) >= 11 is 0. The molecule has 4 heteroatoms. The lowest BCUT2D eigenvalue weighted by molar-refractivity contribution is 0.0947. The quantitative estimate of drug-likeness (QED) is 0.884. The highest BCUT2D eigenvalue weighted by Crippen LogP contribution is 2.18. The number of amides is 1. The van der Waals surface area contributed by atoms with Crippen molar-refractivity contribution >= 4 is 5.91 Å². The minimum absolute atomic E-state index is 0.0485. The van der Waals surface area contributed by atoms with Gasteiger partial charge in [-0.05, 0) is 35.6 Å². The molecule has 0 aliphatic carbocycles. The van der Waals surface area contributed by atoms with Crippen LogP contribution in [0, 0.1) is 12.7 Å². The molecule has 0 bridgehead atoms. The molecule has 3 N–H and O–H groups in total. The summed E-state index contributed by atoms with van der Waals surface area (Å²) in [6.07, 6.45) is 0. The van der Waals surface area contributed by atoms with Gasteiger partial charge in [-0.3, -0.25) is 4.79 Å². The molecule has 0 spiro atoms. The summed E-state index contributed by atoms with van der Waals surface area (Å²) in [5.74, 6) is -0.468. The summed E-state index contributed by atoms with van der Waals surface area (Å²) in [4.78, 5) is 12.1. The number of halogens is 1. The van der Waals surface area contributed by atoms with Crippen LogP contribution in [0.2, 0.25) is 0 Å². The number of hydrogen-bond acceptors (Lipinski definition) is 2. The number of benzene rings is 2. The number of rotatable bonds is 5. The molecule has 0 fully saturated rings. The van der Waals surface area contributed by atoms with Gasteiger partial charge in [0.2, 0.25) is 0 Å². The molecule has 122 valence electrons. The number of carbonyl (C=O) groups excluding carboxylic acids is 1. The highest BCUT2D eigenvalue weighted by Gasteiger charge is 2.14. The number of nitrogens with one attached hydrogen (secondary N) is 1. The van der Waals surface area contributed by atoms with E-state index >= 15 is 0 Å². The summed E-state index contributed by atoms with van der Waals surface area (Å²) in [6, 6.07) is 12.5. The van der Waals surface area contributed by atoms with Gasteiger partial charge >= 0.3 is 0 Å². The first-order valence-electron chi connectivity index (χ1n) is 7.79. The van der Waals surface area contributed by atoms with Crippen molar-refractivity contribution in [3.63, 3.8) is 0 Å². The smallest absolute Gasteiger partial charge is 0.254 e. The Bertz CT molecular complexity index is 680. The van der Waals surface area contributed by atoms with Crippen LogP contribution in [-0.4, -0.2) is 12.5 Å². The van der Waals surface area contributed by atoms with Crippen LogP contribution in [0.5, 0.6) is 0 Å². The SMILES string of the molecule is Cc1cccc(C(=O)NCC(N)c2ccc(C(C)C)cc2)c1F. The van der Waals surface area contributed by atoms with Gasteiger partial charge in [0.25, 0.3) is 5.91 Å². The van der Waals surface area contributed by atoms with Gasteiger partial charge in [0.05, 0.1) is 5.56 Å². The van der Waals surface area contributed by atoms with E-state index in [1.807, 2.05) is 24.3 Å². The molecular formula is C19H23FN2O. The number of aryl methyl sites for hydroxylation is 1. The maximum Gasteiger partial charge on any atom is 0.254 e. The zero-order valence-electron chi connectivity index (χ0n) is 13.8. The molecule has 0 heterocycles. The Morgan fingerprint density at radius 3 is 2.35 bits per heavy atom. The molecule has 0 saturated carbocycles. The van der Waals surface area contributed by atoms with Crippen molar-refractivity contribution in [3.05, 3.63) is 70.5 Å². The van der Waals surface area contributed by atoms with E-state index in [2.05, 4.69) is 19.2 Å². The van der Waals surface area contributed by atoms with Gasteiger partial charge in [-0.1, -0.05) is 50.2 Å². The number of carbonyl (C=O) groups is 1. The third-order valence-electron chi connectivity index (χ3n) is 3.95. The first kappa shape index (κ1) is 17.2. The molecular weight excluding hydrogens is 291 g/mol. The largest absolute Gasteiger partial charge is 0.350 e. The second-order valence-electron chi connectivity index (χ2n) is 6.07. The predicted octanol–water partition coefficient (Wildman–Crippen LogP) is 3.69. The second-order valence-corrected chi connectivity index (χ2v) is 6.07. The van der Waals surface area contributed by atoms with E-state index in [1.54, 1.807) is 19.1 Å². The second kappa shape index (κ2) is 7.38. The third-order valence-corrected chi connectivity index (χ3v) is 3.95. The fourth-order valence-electron chi connectivity index (χ4n) is 2.37. The summed E-state index contributed by atoms with van der Waals surface area (Å²) in [5, 5.41) is 2.70. The van der Waals surface area contributed by atoms with Crippen LogP contribution in [0.25, 0.3) is 0 Å². The molecule has 2 aromatic carbocycles. The van der Waals surface area contributed by atoms with E-state index in [4.69, 9.17) is 5.73 Å². The zero-order chi connectivity index (χ0) is 17.0. The minimum atomic E-state index is -0.486. The lowest BCUT2D eigenvalue weighted by atomic mass is 9.99. The molecule has 0 aliphatic rings. The Labute approximate surface area is 136 Å². The number of hydrogen-bond donors (Lipinski definition) is 2. The van der Waals surface area contributed by atoms with E-state index < -0.39 is 11.7 Å². The van der Waals surface area contributed by atoms with Gasteiger partial charge in [-0.25, -0.2) is 4.39 Å². The van der Waals surface area contributed by atoms with Crippen LogP contribution in [-0.2, 0) is 0 Å². The number of nitrogens with two attached hydrogens (primary N) is 1. The van der Waals surface area contributed by atoms with Crippen molar-refractivity contribution in [3.8, 4) is 0 Å². The van der Waals surface area contributed by atoms with E-state index in [0.717, 1.165) is 5.56 Å². The highest BCUT2D eigenvalue weighted by molar-refractivity contribution is 5.94. The highest BCUT2D eigenvalue weighted by atomic mass is 19.1. The Balaban J connectivity index is 1.99. The van der Waals surface area contributed by atoms with Crippen LogP contribution in [0.4, 0.5) is 4.39 Å². The topological polar surface area (TPSA) is 55.1 Å². The Hall–Kier alpha value is -2.20. The molecule has 0 aromatic heterocycles. The van der Waals surface area contributed by atoms with E-state index in [-0.39, 0.29) is 18.2 Å². The summed E-state index contributed by atoms with van der Waals surface area (Å²) in [7, 11) is 0. The monoisotopic (exact) mass is 314 g/mol. The Morgan fingerprint density at radius 2 is 1.74 bits per heavy atom. The van der Waals surface area contributed by atoms with Crippen molar-refractivity contribution in [2.75, 3.05) is 6.54 Å². The Kier molecular flexibility index (Phi) is 5.50. The fourth-order valence-corrected chi connectivity index (χ4v) is 2.37. The van der Waals surface area contributed by atoms with Crippen molar-refractivity contribution in [1.82, 2.24) is 5.32 Å². The molecule has 23 heavy (non-hydrogen) atoms. The maximum absolute atomic E-state index is 13.9. The average molecular weight is 314 g/mol. The Morgan fingerprint density at radius 1 is 1.13 bits per heavy atom. The van der Waals surface area contributed by atoms with E-state index in [1.165, 1.54) is 11.6 Å². The van der Waals surface area contributed by atoms with Crippen molar-refractivity contribution < 1.29 is 9.18 Å². The van der Waals surface area contributed by atoms with Crippen LogP contribution in [0.1, 0.15) is 52.9 Å². The van der Waals surface area contributed by atoms with Gasteiger partial charge in [0.1, 0.15) is 5.82 Å². The molecule has 1 atom stereocenters. The van der Waals surface area contributed by atoms with Crippen molar-refractivity contribution in [2.24, 2.45) is 5.73 Å². The van der Waals surface area contributed by atoms with Crippen LogP contribution < -0.4 is 11.1 Å². The lowest BCUT2D eigenvalue weighted by Gasteiger charge is -2.15. The molecule has 3 nitrogen and oxygen atoms in total. The minimum Gasteiger partial charge on any atom is -0.350 e. The fraction of sp³-hybridized carbons (Fsp3) is 0.316. The molecule has 0 saturated heterocycles. The molecule has 2 rings (SSSR count). The summed E-state index contributed by atoms with van der Waals surface area (Å²) in [5.41, 5.74) is 8.79. The molecule has 0 aliphatic heterocycles. The van der Waals surface area contributed by atoms with Crippen LogP contribution in [0.15, 0.2) is 42.5 Å². The van der Waals surface area contributed by atoms with Gasteiger partial charge in [-0.15, -0.1) is 0 Å². The first-order chi connectivity index (χ1) is 10.9. The third kappa shape index (κ3) is 4.17. The average Bonchev–Trinajstić information content (AvgIpc) is 2.55. The molecule has 1 unspecified atom stereocenters. The lowest BCUT2D eigenvalue weighted by Crippen LogP contribution is -2.32. The molecule has 1 amide bonds. The standard InChI is InChI=1S/C19H23FN2O/c1-12(2)14-7-9-15(10-8-14)17(21)11-22-19(23)16-6-4-5-13(3)18(16)20/h4-10,12,17H,11,21H2,1-3H3,(H,22,23). The van der Waals surface area contributed by atoms with Gasteiger partial charge in [-0.2, -0.15) is 0 Å². The van der Waals surface area contributed by atoms with Gasteiger partial charge < -0.3 is 11.1 Å². The molecule has 0 radical (unpaired) electrons. The van der Waals surface area contributed by atoms with Gasteiger partial charge in [0, 0.05) is 12.6 Å². The summed E-state index contributed by atoms with van der Waals surface area (Å²) in [6.45, 7) is 6.15. The maximum atomic E-state index is 13.9. The van der Waals surface area contributed by atoms with Crippen LogP contribution >= 0.6 is 0 Å². The molecule has 2 aromatic rings. The predicted molar refractivity (Wildman–Crippen MR) is 90.9 cm³/mol. The van der Waals surface area contributed by atoms with Gasteiger partial charge in [0.15, 0.2) is 0 Å². The van der Waals surface area contributed by atoms with Crippen molar-refractivity contribution in [2.45, 2.75) is 32.7 Å². The van der Waals surface area contributed by atoms with E-state index in [9.17, 15) is 9.18 Å².